The van der Waals surface area contributed by atoms with Crippen molar-refractivity contribution in [1.29, 1.82) is 0 Å². The predicted octanol–water partition coefficient (Wildman–Crippen LogP) is 4.15. The molecule has 0 aliphatic rings. The Labute approximate surface area is 112 Å². The van der Waals surface area contributed by atoms with Crippen molar-refractivity contribution >= 4 is 11.8 Å². The van der Waals surface area contributed by atoms with E-state index in [4.69, 9.17) is 0 Å². The minimum Gasteiger partial charge on any atom is -0.507 e. The standard InChI is InChI=1S/C16H15NO2/c1-11(2)12-6-8-13(9-7-12)16-14(17-10-18)4-3-5-15(16)19/h3-9,11,19H,1-2H3. The minimum absolute atomic E-state index is 0.105. The summed E-state index contributed by atoms with van der Waals surface area (Å²) >= 11 is 0. The molecule has 2 rings (SSSR count). The Morgan fingerprint density at radius 1 is 1.11 bits per heavy atom. The summed E-state index contributed by atoms with van der Waals surface area (Å²) in [5, 5.41) is 9.96. The van der Waals surface area contributed by atoms with Crippen LogP contribution < -0.4 is 0 Å². The molecule has 0 saturated heterocycles. The van der Waals surface area contributed by atoms with Crippen LogP contribution in [0.2, 0.25) is 0 Å². The van der Waals surface area contributed by atoms with E-state index in [-0.39, 0.29) is 5.75 Å². The molecule has 0 aliphatic carbocycles. The first-order valence-electron chi connectivity index (χ1n) is 6.13. The number of hydrogen-bond donors (Lipinski definition) is 1. The van der Waals surface area contributed by atoms with Gasteiger partial charge < -0.3 is 5.11 Å². The fourth-order valence-corrected chi connectivity index (χ4v) is 2.00. The molecule has 3 nitrogen and oxygen atoms in total. The highest BCUT2D eigenvalue weighted by atomic mass is 16.3. The molecule has 0 amide bonds. The van der Waals surface area contributed by atoms with Crippen molar-refractivity contribution in [2.45, 2.75) is 19.8 Å². The molecule has 0 aliphatic heterocycles. The van der Waals surface area contributed by atoms with Crippen molar-refractivity contribution in [2.24, 2.45) is 4.99 Å². The third kappa shape index (κ3) is 2.72. The first kappa shape index (κ1) is 13.1. The number of isocyanates is 1. The molecule has 0 bridgehead atoms. The second-order valence-electron chi connectivity index (χ2n) is 4.65. The summed E-state index contributed by atoms with van der Waals surface area (Å²) < 4.78 is 0. The number of aliphatic imine (C=N–C) groups is 1. The Morgan fingerprint density at radius 2 is 1.79 bits per heavy atom. The van der Waals surface area contributed by atoms with Gasteiger partial charge in [-0.05, 0) is 29.2 Å². The van der Waals surface area contributed by atoms with Crippen molar-refractivity contribution in [3.8, 4) is 16.9 Å². The van der Waals surface area contributed by atoms with Gasteiger partial charge in [0.2, 0.25) is 6.08 Å². The molecular formula is C16H15NO2. The average molecular weight is 253 g/mol. The van der Waals surface area contributed by atoms with Crippen LogP contribution in [0.1, 0.15) is 25.3 Å². The number of phenolic OH excluding ortho intramolecular Hbond substituents is 1. The van der Waals surface area contributed by atoms with Gasteiger partial charge in [-0.15, -0.1) is 0 Å². The molecule has 0 spiro atoms. The molecule has 96 valence electrons. The second-order valence-corrected chi connectivity index (χ2v) is 4.65. The average Bonchev–Trinajstić information content (AvgIpc) is 2.39. The first-order chi connectivity index (χ1) is 9.13. The van der Waals surface area contributed by atoms with E-state index in [2.05, 4.69) is 18.8 Å². The Hall–Kier alpha value is -2.38. The molecule has 2 aromatic rings. The van der Waals surface area contributed by atoms with Gasteiger partial charge in [-0.25, -0.2) is 4.79 Å². The monoisotopic (exact) mass is 253 g/mol. The largest absolute Gasteiger partial charge is 0.507 e. The highest BCUT2D eigenvalue weighted by Crippen LogP contribution is 2.37. The van der Waals surface area contributed by atoms with Crippen LogP contribution >= 0.6 is 0 Å². The summed E-state index contributed by atoms with van der Waals surface area (Å²) in [6.07, 6.45) is 1.51. The van der Waals surface area contributed by atoms with E-state index < -0.39 is 0 Å². The van der Waals surface area contributed by atoms with Gasteiger partial charge >= 0.3 is 0 Å². The molecule has 0 radical (unpaired) electrons. The van der Waals surface area contributed by atoms with Crippen LogP contribution in [-0.2, 0) is 4.79 Å². The quantitative estimate of drug-likeness (QED) is 0.659. The normalized spacial score (nSPS) is 10.3. The first-order valence-corrected chi connectivity index (χ1v) is 6.13. The van der Waals surface area contributed by atoms with E-state index in [0.717, 1.165) is 5.56 Å². The summed E-state index contributed by atoms with van der Waals surface area (Å²) in [4.78, 5) is 14.1. The van der Waals surface area contributed by atoms with Gasteiger partial charge in [0.1, 0.15) is 5.75 Å². The maximum absolute atomic E-state index is 10.4. The van der Waals surface area contributed by atoms with Gasteiger partial charge in [-0.1, -0.05) is 44.2 Å². The van der Waals surface area contributed by atoms with E-state index in [9.17, 15) is 9.90 Å². The van der Waals surface area contributed by atoms with E-state index in [0.29, 0.717) is 17.2 Å². The smallest absolute Gasteiger partial charge is 0.240 e. The van der Waals surface area contributed by atoms with Crippen LogP contribution in [0.25, 0.3) is 11.1 Å². The molecule has 0 unspecified atom stereocenters. The van der Waals surface area contributed by atoms with E-state index in [1.165, 1.54) is 11.6 Å². The topological polar surface area (TPSA) is 49.7 Å². The summed E-state index contributed by atoms with van der Waals surface area (Å²) in [7, 11) is 0. The molecule has 1 N–H and O–H groups in total. The van der Waals surface area contributed by atoms with Crippen LogP contribution in [0.4, 0.5) is 5.69 Å². The zero-order valence-corrected chi connectivity index (χ0v) is 10.9. The molecule has 0 fully saturated rings. The Kier molecular flexibility index (Phi) is 3.79. The Balaban J connectivity index is 2.55. The Bertz CT molecular complexity index is 624. The van der Waals surface area contributed by atoms with E-state index in [1.807, 2.05) is 24.3 Å². The van der Waals surface area contributed by atoms with Crippen LogP contribution in [0.3, 0.4) is 0 Å². The number of rotatable bonds is 3. The van der Waals surface area contributed by atoms with Crippen molar-refractivity contribution in [1.82, 2.24) is 0 Å². The lowest BCUT2D eigenvalue weighted by atomic mass is 9.97. The van der Waals surface area contributed by atoms with Crippen molar-refractivity contribution in [3.05, 3.63) is 48.0 Å². The lowest BCUT2D eigenvalue weighted by Crippen LogP contribution is -1.87. The van der Waals surface area contributed by atoms with Gasteiger partial charge in [-0.2, -0.15) is 4.99 Å². The van der Waals surface area contributed by atoms with Crippen molar-refractivity contribution < 1.29 is 9.90 Å². The maximum Gasteiger partial charge on any atom is 0.240 e. The number of carbonyl (C=O) groups excluding carboxylic acids is 1. The molecule has 0 aromatic heterocycles. The lowest BCUT2D eigenvalue weighted by Gasteiger charge is -2.10. The number of benzene rings is 2. The molecule has 0 saturated carbocycles. The fourth-order valence-electron chi connectivity index (χ4n) is 2.00. The van der Waals surface area contributed by atoms with Gasteiger partial charge in [0.15, 0.2) is 0 Å². The van der Waals surface area contributed by atoms with Gasteiger partial charge in [0, 0.05) is 0 Å². The zero-order chi connectivity index (χ0) is 13.8. The molecule has 0 heterocycles. The molecule has 2 aromatic carbocycles. The highest BCUT2D eigenvalue weighted by molar-refractivity contribution is 5.82. The van der Waals surface area contributed by atoms with Gasteiger partial charge in [-0.3, -0.25) is 0 Å². The van der Waals surface area contributed by atoms with Crippen LogP contribution in [0.5, 0.6) is 5.75 Å². The number of aromatic hydroxyl groups is 1. The van der Waals surface area contributed by atoms with Crippen molar-refractivity contribution in [3.63, 3.8) is 0 Å². The van der Waals surface area contributed by atoms with Crippen LogP contribution in [0.15, 0.2) is 47.5 Å². The summed E-state index contributed by atoms with van der Waals surface area (Å²) in [5.41, 5.74) is 3.03. The molecule has 3 heteroatoms. The summed E-state index contributed by atoms with van der Waals surface area (Å²) in [5.74, 6) is 0.555. The SMILES string of the molecule is CC(C)c1ccc(-c2c(O)cccc2N=C=O)cc1. The third-order valence-corrected chi connectivity index (χ3v) is 3.05. The van der Waals surface area contributed by atoms with Gasteiger partial charge in [0.05, 0.1) is 11.3 Å². The third-order valence-electron chi connectivity index (χ3n) is 3.05. The van der Waals surface area contributed by atoms with Crippen LogP contribution in [-0.4, -0.2) is 11.2 Å². The molecular weight excluding hydrogens is 238 g/mol. The second kappa shape index (κ2) is 5.51. The fraction of sp³-hybridized carbons (Fsp3) is 0.188. The van der Waals surface area contributed by atoms with Crippen LogP contribution in [0, 0.1) is 0 Å². The molecule has 0 atom stereocenters. The van der Waals surface area contributed by atoms with Gasteiger partial charge in [0.25, 0.3) is 0 Å². The maximum atomic E-state index is 10.4. The lowest BCUT2D eigenvalue weighted by molar-refractivity contribution is 0.477. The number of phenols is 1. The number of nitrogens with zero attached hydrogens (tertiary/aromatic N) is 1. The number of hydrogen-bond acceptors (Lipinski definition) is 3. The summed E-state index contributed by atoms with van der Waals surface area (Å²) in [6, 6.07) is 12.8. The Morgan fingerprint density at radius 3 is 2.37 bits per heavy atom. The van der Waals surface area contributed by atoms with E-state index in [1.54, 1.807) is 18.2 Å². The van der Waals surface area contributed by atoms with E-state index >= 15 is 0 Å². The predicted molar refractivity (Wildman–Crippen MR) is 75.4 cm³/mol. The molecule has 19 heavy (non-hydrogen) atoms. The summed E-state index contributed by atoms with van der Waals surface area (Å²) in [6.45, 7) is 4.24. The zero-order valence-electron chi connectivity index (χ0n) is 10.9. The highest BCUT2D eigenvalue weighted by Gasteiger charge is 2.10. The van der Waals surface area contributed by atoms with Crippen molar-refractivity contribution in [2.75, 3.05) is 0 Å². The minimum atomic E-state index is 0.105.